The third kappa shape index (κ3) is 2.49. The van der Waals surface area contributed by atoms with E-state index >= 15 is 0 Å². The minimum atomic E-state index is -1.34. The second-order valence-corrected chi connectivity index (χ2v) is 5.45. The van der Waals surface area contributed by atoms with Crippen molar-refractivity contribution in [1.82, 2.24) is 25.2 Å². The molecular formula is C11H10F3N5S. The summed E-state index contributed by atoms with van der Waals surface area (Å²) < 4.78 is 41.1. The average Bonchev–Trinajstić information content (AvgIpc) is 3.06. The number of aromatic nitrogens is 5. The predicted octanol–water partition coefficient (Wildman–Crippen LogP) is 2.75. The van der Waals surface area contributed by atoms with Crippen LogP contribution >= 0.6 is 11.8 Å². The van der Waals surface area contributed by atoms with E-state index in [2.05, 4.69) is 20.5 Å². The van der Waals surface area contributed by atoms with E-state index in [4.69, 9.17) is 0 Å². The van der Waals surface area contributed by atoms with Crippen molar-refractivity contribution in [3.8, 4) is 0 Å². The van der Waals surface area contributed by atoms with Crippen LogP contribution in [0.2, 0.25) is 0 Å². The summed E-state index contributed by atoms with van der Waals surface area (Å²) in [6.07, 6.45) is 4.08. The lowest BCUT2D eigenvalue weighted by Crippen LogP contribution is -2.08. The van der Waals surface area contributed by atoms with E-state index in [9.17, 15) is 13.2 Å². The smallest absolute Gasteiger partial charge is 0.217 e. The second kappa shape index (κ2) is 5.39. The molecule has 0 aliphatic heterocycles. The first-order valence-corrected chi connectivity index (χ1v) is 6.94. The van der Waals surface area contributed by atoms with Crippen LogP contribution in [-0.4, -0.2) is 25.2 Å². The number of tetrazole rings is 1. The fraction of sp³-hybridized carbons (Fsp3) is 0.455. The fourth-order valence-corrected chi connectivity index (χ4v) is 3.03. The zero-order valence-corrected chi connectivity index (χ0v) is 11.1. The number of hydrogen-bond donors (Lipinski definition) is 0. The molecule has 0 saturated heterocycles. The van der Waals surface area contributed by atoms with Crippen molar-refractivity contribution in [2.75, 3.05) is 0 Å². The monoisotopic (exact) mass is 301 g/mol. The maximum Gasteiger partial charge on any atom is 0.250 e. The minimum absolute atomic E-state index is 0.167. The van der Waals surface area contributed by atoms with Crippen molar-refractivity contribution in [2.45, 2.75) is 41.9 Å². The Morgan fingerprint density at radius 3 is 2.65 bits per heavy atom. The van der Waals surface area contributed by atoms with Crippen LogP contribution in [-0.2, 0) is 0 Å². The van der Waals surface area contributed by atoms with Gasteiger partial charge in [-0.2, -0.15) is 4.39 Å². The van der Waals surface area contributed by atoms with Gasteiger partial charge in [-0.15, -0.1) is 5.10 Å². The molecule has 0 unspecified atom stereocenters. The van der Waals surface area contributed by atoms with Crippen LogP contribution in [0.3, 0.4) is 0 Å². The molecule has 3 rings (SSSR count). The van der Waals surface area contributed by atoms with Crippen LogP contribution in [0.25, 0.3) is 0 Å². The van der Waals surface area contributed by atoms with Gasteiger partial charge in [0.05, 0.1) is 6.04 Å². The number of halogens is 3. The molecule has 0 radical (unpaired) electrons. The van der Waals surface area contributed by atoms with Gasteiger partial charge in [-0.05, 0) is 35.0 Å². The SMILES string of the molecule is Fc1cc(F)c(Sc2nnnn2C2CCCC2)nc1F. The molecule has 1 fully saturated rings. The first-order valence-electron chi connectivity index (χ1n) is 6.12. The Morgan fingerprint density at radius 1 is 1.15 bits per heavy atom. The molecule has 2 heterocycles. The van der Waals surface area contributed by atoms with Gasteiger partial charge >= 0.3 is 0 Å². The fourth-order valence-electron chi connectivity index (χ4n) is 2.22. The van der Waals surface area contributed by atoms with Crippen molar-refractivity contribution in [3.05, 3.63) is 23.6 Å². The maximum atomic E-state index is 13.6. The van der Waals surface area contributed by atoms with Crippen LogP contribution < -0.4 is 0 Å². The Morgan fingerprint density at radius 2 is 1.90 bits per heavy atom. The number of rotatable bonds is 3. The van der Waals surface area contributed by atoms with E-state index in [1.807, 2.05) is 0 Å². The standard InChI is InChI=1S/C11H10F3N5S/c12-7-5-8(13)10(15-9(7)14)20-11-16-17-18-19(11)6-3-1-2-4-6/h5-6H,1-4H2. The average molecular weight is 301 g/mol. The van der Waals surface area contributed by atoms with Gasteiger partial charge in [-0.25, -0.2) is 18.4 Å². The molecule has 106 valence electrons. The van der Waals surface area contributed by atoms with Crippen LogP contribution in [0.4, 0.5) is 13.2 Å². The molecule has 9 heteroatoms. The van der Waals surface area contributed by atoms with Gasteiger partial charge in [-0.3, -0.25) is 0 Å². The largest absolute Gasteiger partial charge is 0.250 e. The van der Waals surface area contributed by atoms with E-state index < -0.39 is 17.6 Å². The summed E-state index contributed by atoms with van der Waals surface area (Å²) in [6, 6.07) is 0.634. The molecule has 5 nitrogen and oxygen atoms in total. The zero-order valence-electron chi connectivity index (χ0n) is 10.3. The molecule has 2 aromatic heterocycles. The quantitative estimate of drug-likeness (QED) is 0.816. The topological polar surface area (TPSA) is 56.5 Å². The lowest BCUT2D eigenvalue weighted by molar-refractivity contribution is 0.421. The third-order valence-corrected chi connectivity index (χ3v) is 4.11. The molecule has 20 heavy (non-hydrogen) atoms. The van der Waals surface area contributed by atoms with Gasteiger partial charge in [0, 0.05) is 6.07 Å². The second-order valence-electron chi connectivity index (χ2n) is 4.49. The van der Waals surface area contributed by atoms with Crippen molar-refractivity contribution in [2.24, 2.45) is 0 Å². The van der Waals surface area contributed by atoms with Crippen molar-refractivity contribution in [3.63, 3.8) is 0 Å². The lowest BCUT2D eigenvalue weighted by atomic mass is 10.3. The molecule has 2 aromatic rings. The molecular weight excluding hydrogens is 291 g/mol. The summed E-state index contributed by atoms with van der Waals surface area (Å²) in [5.41, 5.74) is 0. The molecule has 1 saturated carbocycles. The molecule has 1 aliphatic carbocycles. The Bertz CT molecular complexity index is 627. The van der Waals surface area contributed by atoms with Gasteiger partial charge in [0.15, 0.2) is 11.6 Å². The van der Waals surface area contributed by atoms with E-state index in [0.717, 1.165) is 37.4 Å². The first kappa shape index (κ1) is 13.3. The van der Waals surface area contributed by atoms with Crippen LogP contribution in [0.5, 0.6) is 0 Å². The Balaban J connectivity index is 1.88. The highest BCUT2D eigenvalue weighted by molar-refractivity contribution is 7.99. The van der Waals surface area contributed by atoms with Gasteiger partial charge in [0.2, 0.25) is 11.1 Å². The molecule has 0 aromatic carbocycles. The van der Waals surface area contributed by atoms with E-state index in [0.29, 0.717) is 11.2 Å². The van der Waals surface area contributed by atoms with Gasteiger partial charge < -0.3 is 0 Å². The Kier molecular flexibility index (Phi) is 3.60. The van der Waals surface area contributed by atoms with E-state index in [-0.39, 0.29) is 11.1 Å². The highest BCUT2D eigenvalue weighted by Crippen LogP contribution is 2.34. The summed E-state index contributed by atoms with van der Waals surface area (Å²) in [6.45, 7) is 0. The number of pyridine rings is 1. The Hall–Kier alpha value is -1.64. The molecule has 0 bridgehead atoms. The predicted molar refractivity (Wildman–Crippen MR) is 63.6 cm³/mol. The minimum Gasteiger partial charge on any atom is -0.217 e. The summed E-state index contributed by atoms with van der Waals surface area (Å²) in [4.78, 5) is 3.25. The molecule has 0 N–H and O–H groups in total. The van der Waals surface area contributed by atoms with Crippen LogP contribution in [0, 0.1) is 17.6 Å². The van der Waals surface area contributed by atoms with Gasteiger partial charge in [-0.1, -0.05) is 12.8 Å². The highest BCUT2D eigenvalue weighted by Gasteiger charge is 2.23. The van der Waals surface area contributed by atoms with Crippen molar-refractivity contribution < 1.29 is 13.2 Å². The highest BCUT2D eigenvalue weighted by atomic mass is 32.2. The summed E-state index contributed by atoms with van der Waals surface area (Å²) in [5.74, 6) is -3.59. The maximum absolute atomic E-state index is 13.6. The Labute approximate surface area is 116 Å². The molecule has 0 spiro atoms. The zero-order chi connectivity index (χ0) is 14.1. The van der Waals surface area contributed by atoms with E-state index in [1.165, 1.54) is 0 Å². The molecule has 0 amide bonds. The molecule has 1 aliphatic rings. The summed E-state index contributed by atoms with van der Waals surface area (Å²) >= 11 is 0.791. The van der Waals surface area contributed by atoms with E-state index in [1.54, 1.807) is 4.68 Å². The van der Waals surface area contributed by atoms with Crippen molar-refractivity contribution >= 4 is 11.8 Å². The normalized spacial score (nSPS) is 15.9. The number of nitrogens with zero attached hydrogens (tertiary/aromatic N) is 5. The first-order chi connectivity index (χ1) is 9.65. The van der Waals surface area contributed by atoms with Crippen LogP contribution in [0.15, 0.2) is 16.2 Å². The van der Waals surface area contributed by atoms with Gasteiger partial charge in [0.1, 0.15) is 5.03 Å². The van der Waals surface area contributed by atoms with Crippen molar-refractivity contribution in [1.29, 1.82) is 0 Å². The van der Waals surface area contributed by atoms with Gasteiger partial charge in [0.25, 0.3) is 0 Å². The van der Waals surface area contributed by atoms with Crippen LogP contribution in [0.1, 0.15) is 31.7 Å². The molecule has 0 atom stereocenters. The summed E-state index contributed by atoms with van der Waals surface area (Å²) in [5, 5.41) is 11.3. The lowest BCUT2D eigenvalue weighted by Gasteiger charge is -2.10. The summed E-state index contributed by atoms with van der Waals surface area (Å²) in [7, 11) is 0. The number of hydrogen-bond acceptors (Lipinski definition) is 5. The third-order valence-electron chi connectivity index (χ3n) is 3.18.